The molecule has 0 radical (unpaired) electrons. The molecule has 0 unspecified atom stereocenters. The Bertz CT molecular complexity index is 480. The molecule has 0 spiro atoms. The Morgan fingerprint density at radius 2 is 2.00 bits per heavy atom. The predicted molar refractivity (Wildman–Crippen MR) is 115 cm³/mol. The van der Waals surface area contributed by atoms with Gasteiger partial charge in [-0.2, -0.15) is 11.8 Å². The first-order valence-corrected chi connectivity index (χ1v) is 11.9. The van der Waals surface area contributed by atoms with E-state index < -0.39 is 5.97 Å². The van der Waals surface area contributed by atoms with E-state index >= 15 is 0 Å². The second-order valence-electron chi connectivity index (χ2n) is 7.79. The summed E-state index contributed by atoms with van der Waals surface area (Å²) >= 11 is 1.67. The fourth-order valence-electron chi connectivity index (χ4n) is 3.89. The van der Waals surface area contributed by atoms with Crippen molar-refractivity contribution in [2.75, 3.05) is 12.4 Å². The van der Waals surface area contributed by atoms with Crippen molar-refractivity contribution in [1.82, 2.24) is 0 Å². The minimum absolute atomic E-state index is 0.0136. The van der Waals surface area contributed by atoms with Crippen LogP contribution in [0.15, 0.2) is 12.2 Å². The lowest BCUT2D eigenvalue weighted by Gasteiger charge is -2.20. The Hall–Kier alpha value is -0.850. The van der Waals surface area contributed by atoms with E-state index in [1.54, 1.807) is 11.8 Å². The number of aliphatic hydroxyl groups is 2. The number of aliphatic carboxylic acids is 1. The molecule has 28 heavy (non-hydrogen) atoms. The summed E-state index contributed by atoms with van der Waals surface area (Å²) in [5, 5.41) is 28.1. The molecule has 4 atom stereocenters. The number of carbonyl (C=O) groups is 2. The minimum atomic E-state index is -0.749. The molecule has 1 rings (SSSR count). The molecule has 6 heteroatoms. The van der Waals surface area contributed by atoms with E-state index in [4.69, 9.17) is 10.2 Å². The van der Waals surface area contributed by atoms with Crippen LogP contribution in [0.5, 0.6) is 0 Å². The van der Waals surface area contributed by atoms with E-state index in [2.05, 4.69) is 13.0 Å². The topological polar surface area (TPSA) is 94.8 Å². The first kappa shape index (κ1) is 25.2. The van der Waals surface area contributed by atoms with Crippen molar-refractivity contribution in [3.63, 3.8) is 0 Å². The fraction of sp³-hybridized carbons (Fsp3) is 0.818. The summed E-state index contributed by atoms with van der Waals surface area (Å²) < 4.78 is 0. The fourth-order valence-corrected chi connectivity index (χ4v) is 5.08. The number of Topliss-reactive ketones (excluding diaryl/α,β-unsaturated/α-hetero) is 1. The van der Waals surface area contributed by atoms with Crippen LogP contribution in [0, 0.1) is 11.8 Å². The molecule has 0 amide bonds. The van der Waals surface area contributed by atoms with Gasteiger partial charge in [-0.15, -0.1) is 0 Å². The lowest BCUT2D eigenvalue weighted by atomic mass is 9.89. The van der Waals surface area contributed by atoms with Crippen LogP contribution in [0.25, 0.3) is 0 Å². The van der Waals surface area contributed by atoms with Crippen molar-refractivity contribution < 1.29 is 24.9 Å². The standard InChI is InChI=1S/C22H38O5S/c1-2-3-9-17(24)10-8-12-19-18(11-6-4-5-7-13-22(26)27)20(25)16-21(19)28-15-14-23/h8,12,17-19,21,23-24H,2-7,9-11,13-16H2,1H3,(H,26,27)/t17-,18-,19-,21+/m1/s1. The number of ketones is 1. The summed E-state index contributed by atoms with van der Waals surface area (Å²) in [5.41, 5.74) is 0. The van der Waals surface area contributed by atoms with Crippen molar-refractivity contribution >= 4 is 23.5 Å². The Labute approximate surface area is 174 Å². The largest absolute Gasteiger partial charge is 0.481 e. The Morgan fingerprint density at radius 3 is 2.68 bits per heavy atom. The second kappa shape index (κ2) is 15.1. The third-order valence-electron chi connectivity index (χ3n) is 5.45. The number of allylic oxidation sites excluding steroid dienone is 1. The third-order valence-corrected chi connectivity index (χ3v) is 6.77. The van der Waals surface area contributed by atoms with Crippen molar-refractivity contribution in [3.8, 4) is 0 Å². The van der Waals surface area contributed by atoms with Crippen LogP contribution in [-0.2, 0) is 9.59 Å². The van der Waals surface area contributed by atoms with E-state index in [0.717, 1.165) is 44.9 Å². The van der Waals surface area contributed by atoms with Gasteiger partial charge < -0.3 is 15.3 Å². The van der Waals surface area contributed by atoms with E-state index in [9.17, 15) is 14.7 Å². The first-order chi connectivity index (χ1) is 13.5. The lowest BCUT2D eigenvalue weighted by molar-refractivity contribution is -0.137. The Kier molecular flexibility index (Phi) is 13.5. The van der Waals surface area contributed by atoms with Crippen LogP contribution in [-0.4, -0.2) is 50.8 Å². The summed E-state index contributed by atoms with van der Waals surface area (Å²) in [6.45, 7) is 2.23. The molecular weight excluding hydrogens is 376 g/mol. The molecule has 0 aromatic carbocycles. The molecular formula is C22H38O5S. The van der Waals surface area contributed by atoms with Gasteiger partial charge in [0.15, 0.2) is 0 Å². The van der Waals surface area contributed by atoms with E-state index in [1.807, 2.05) is 6.08 Å². The highest BCUT2D eigenvalue weighted by Gasteiger charge is 2.40. The zero-order chi connectivity index (χ0) is 20.8. The van der Waals surface area contributed by atoms with E-state index in [-0.39, 0.29) is 36.2 Å². The maximum Gasteiger partial charge on any atom is 0.303 e. The normalized spacial score (nSPS) is 23.5. The van der Waals surface area contributed by atoms with Crippen LogP contribution in [0.4, 0.5) is 0 Å². The summed E-state index contributed by atoms with van der Waals surface area (Å²) in [4.78, 5) is 23.1. The van der Waals surface area contributed by atoms with E-state index in [1.165, 1.54) is 0 Å². The maximum atomic E-state index is 12.6. The molecule has 0 bridgehead atoms. The molecule has 0 aliphatic heterocycles. The van der Waals surface area contributed by atoms with Crippen molar-refractivity contribution in [2.24, 2.45) is 11.8 Å². The van der Waals surface area contributed by atoms with Crippen LogP contribution >= 0.6 is 11.8 Å². The average molecular weight is 415 g/mol. The van der Waals surface area contributed by atoms with Gasteiger partial charge in [-0.1, -0.05) is 51.2 Å². The number of unbranched alkanes of at least 4 members (excludes halogenated alkanes) is 4. The zero-order valence-electron chi connectivity index (χ0n) is 17.2. The van der Waals surface area contributed by atoms with Gasteiger partial charge in [0.2, 0.25) is 0 Å². The van der Waals surface area contributed by atoms with Crippen molar-refractivity contribution in [1.29, 1.82) is 0 Å². The summed E-state index contributed by atoms with van der Waals surface area (Å²) in [6.07, 6.45) is 12.5. The SMILES string of the molecule is CCCC[C@@H](O)CC=C[C@H]1[C@@H](SCCO)CC(=O)[C@@H]1CCCCCCC(=O)O. The second-order valence-corrected chi connectivity index (χ2v) is 9.14. The molecule has 162 valence electrons. The van der Waals surface area contributed by atoms with Crippen LogP contribution in [0.3, 0.4) is 0 Å². The summed E-state index contributed by atoms with van der Waals surface area (Å²) in [5.74, 6) is 0.382. The highest BCUT2D eigenvalue weighted by atomic mass is 32.2. The summed E-state index contributed by atoms with van der Waals surface area (Å²) in [6, 6.07) is 0. The number of thioether (sulfide) groups is 1. The van der Waals surface area contributed by atoms with Crippen molar-refractivity contribution in [2.45, 2.75) is 88.9 Å². The number of carbonyl (C=O) groups excluding carboxylic acids is 1. The Morgan fingerprint density at radius 1 is 1.25 bits per heavy atom. The van der Waals surface area contributed by atoms with Crippen LogP contribution < -0.4 is 0 Å². The Balaban J connectivity index is 2.54. The number of aliphatic hydroxyl groups excluding tert-OH is 2. The first-order valence-electron chi connectivity index (χ1n) is 10.8. The van der Waals surface area contributed by atoms with Crippen LogP contribution in [0.1, 0.15) is 77.6 Å². The molecule has 5 nitrogen and oxygen atoms in total. The van der Waals surface area contributed by atoms with Crippen molar-refractivity contribution in [3.05, 3.63) is 12.2 Å². The minimum Gasteiger partial charge on any atom is -0.481 e. The molecule has 1 aliphatic rings. The number of rotatable bonds is 16. The van der Waals surface area contributed by atoms with Gasteiger partial charge in [0, 0.05) is 29.8 Å². The maximum absolute atomic E-state index is 12.6. The van der Waals surface area contributed by atoms with Gasteiger partial charge >= 0.3 is 5.97 Å². The smallest absolute Gasteiger partial charge is 0.303 e. The number of hydrogen-bond acceptors (Lipinski definition) is 5. The highest BCUT2D eigenvalue weighted by Crippen LogP contribution is 2.40. The van der Waals surface area contributed by atoms with Gasteiger partial charge in [-0.05, 0) is 31.6 Å². The zero-order valence-corrected chi connectivity index (χ0v) is 18.0. The molecule has 1 fully saturated rings. The van der Waals surface area contributed by atoms with Gasteiger partial charge in [-0.3, -0.25) is 9.59 Å². The monoisotopic (exact) mass is 414 g/mol. The van der Waals surface area contributed by atoms with Gasteiger partial charge in [0.1, 0.15) is 5.78 Å². The molecule has 1 aliphatic carbocycles. The number of hydrogen-bond donors (Lipinski definition) is 3. The van der Waals surface area contributed by atoms with E-state index in [0.29, 0.717) is 30.8 Å². The molecule has 0 aromatic rings. The summed E-state index contributed by atoms with van der Waals surface area (Å²) in [7, 11) is 0. The molecule has 3 N–H and O–H groups in total. The quantitative estimate of drug-likeness (QED) is 0.259. The molecule has 1 saturated carbocycles. The molecule has 0 heterocycles. The predicted octanol–water partition coefficient (Wildman–Crippen LogP) is 4.21. The lowest BCUT2D eigenvalue weighted by Crippen LogP contribution is -2.18. The molecule has 0 saturated heterocycles. The highest BCUT2D eigenvalue weighted by molar-refractivity contribution is 8.00. The van der Waals surface area contributed by atoms with Gasteiger partial charge in [-0.25, -0.2) is 0 Å². The average Bonchev–Trinajstić information content (AvgIpc) is 2.95. The third kappa shape index (κ3) is 10.1. The number of carboxylic acid groups (broad SMARTS) is 1. The van der Waals surface area contributed by atoms with Gasteiger partial charge in [0.05, 0.1) is 12.7 Å². The van der Waals surface area contributed by atoms with Gasteiger partial charge in [0.25, 0.3) is 0 Å². The molecule has 0 aromatic heterocycles. The number of carboxylic acids is 1. The van der Waals surface area contributed by atoms with Crippen LogP contribution in [0.2, 0.25) is 0 Å².